The van der Waals surface area contributed by atoms with E-state index < -0.39 is 31.9 Å². The lowest BCUT2D eigenvalue weighted by Crippen LogP contribution is -2.43. The van der Waals surface area contributed by atoms with Crippen molar-refractivity contribution in [3.05, 3.63) is 95.1 Å². The van der Waals surface area contributed by atoms with Crippen LogP contribution in [0.5, 0.6) is 0 Å². The van der Waals surface area contributed by atoms with Crippen molar-refractivity contribution in [3.63, 3.8) is 0 Å². The van der Waals surface area contributed by atoms with Crippen LogP contribution in [0.25, 0.3) is 0 Å². The summed E-state index contributed by atoms with van der Waals surface area (Å²) in [5.74, 6) is -1.41. The third kappa shape index (κ3) is 5.20. The van der Waals surface area contributed by atoms with Crippen LogP contribution < -0.4 is 5.32 Å². The van der Waals surface area contributed by atoms with Crippen LogP contribution in [-0.4, -0.2) is 44.5 Å². The quantitative estimate of drug-likeness (QED) is 0.476. The Kier molecular flexibility index (Phi) is 6.81. The number of piperidine rings is 1. The van der Waals surface area contributed by atoms with Gasteiger partial charge >= 0.3 is 0 Å². The van der Waals surface area contributed by atoms with E-state index in [1.807, 2.05) is 17.0 Å². The summed E-state index contributed by atoms with van der Waals surface area (Å²) in [7, 11) is -3.72. The minimum absolute atomic E-state index is 0.0186. The van der Waals surface area contributed by atoms with E-state index in [0.29, 0.717) is 18.8 Å². The first-order valence-corrected chi connectivity index (χ1v) is 14.4. The zero-order chi connectivity index (χ0) is 27.1. The molecule has 2 aliphatic rings. The van der Waals surface area contributed by atoms with Gasteiger partial charge in [-0.25, -0.2) is 17.2 Å². The predicted octanol–water partition coefficient (Wildman–Crippen LogP) is 5.06. The molecule has 0 atom stereocenters. The first-order valence-electron chi connectivity index (χ1n) is 12.5. The number of nitrogens with one attached hydrogen (secondary N) is 1. The van der Waals surface area contributed by atoms with Crippen LogP contribution in [0.15, 0.2) is 71.6 Å². The lowest BCUT2D eigenvalue weighted by atomic mass is 9.87. The molecule has 1 heterocycles. The van der Waals surface area contributed by atoms with Crippen LogP contribution >= 0.6 is 0 Å². The summed E-state index contributed by atoms with van der Waals surface area (Å²) in [5.41, 5.74) is 2.05. The predicted molar refractivity (Wildman–Crippen MR) is 140 cm³/mol. The fourth-order valence-electron chi connectivity index (χ4n) is 5.22. The fourth-order valence-corrected chi connectivity index (χ4v) is 5.95. The normalized spacial score (nSPS) is 17.2. The molecule has 1 aliphatic heterocycles. The molecule has 1 N–H and O–H groups in total. The topological polar surface area (TPSA) is 83.6 Å². The highest BCUT2D eigenvalue weighted by Crippen LogP contribution is 2.50. The van der Waals surface area contributed by atoms with Gasteiger partial charge in [-0.05, 0) is 85.2 Å². The maximum absolute atomic E-state index is 14.2. The van der Waals surface area contributed by atoms with Crippen molar-refractivity contribution >= 4 is 27.3 Å². The lowest BCUT2D eigenvalue weighted by Gasteiger charge is -2.35. The third-order valence-electron chi connectivity index (χ3n) is 7.57. The van der Waals surface area contributed by atoms with Gasteiger partial charge in [-0.1, -0.05) is 24.3 Å². The Bertz CT molecular complexity index is 1480. The second-order valence-corrected chi connectivity index (χ2v) is 12.1. The highest BCUT2D eigenvalue weighted by atomic mass is 32.2. The zero-order valence-corrected chi connectivity index (χ0v) is 21.7. The van der Waals surface area contributed by atoms with Crippen molar-refractivity contribution in [2.75, 3.05) is 24.7 Å². The molecule has 6 nitrogen and oxygen atoms in total. The van der Waals surface area contributed by atoms with Crippen molar-refractivity contribution in [2.45, 2.75) is 41.9 Å². The fraction of sp³-hybridized carbons (Fsp3) is 0.310. The molecule has 0 radical (unpaired) electrons. The van der Waals surface area contributed by atoms with Gasteiger partial charge in [0.25, 0.3) is 5.91 Å². The second kappa shape index (κ2) is 9.94. The van der Waals surface area contributed by atoms with Gasteiger partial charge < -0.3 is 10.2 Å². The van der Waals surface area contributed by atoms with Crippen LogP contribution in [0.1, 0.15) is 53.1 Å². The number of hydrogen-bond acceptors (Lipinski definition) is 4. The molecule has 2 amide bonds. The molecule has 1 saturated carbocycles. The van der Waals surface area contributed by atoms with Crippen molar-refractivity contribution in [3.8, 4) is 0 Å². The van der Waals surface area contributed by atoms with E-state index in [0.717, 1.165) is 55.2 Å². The van der Waals surface area contributed by atoms with Gasteiger partial charge in [0.2, 0.25) is 5.91 Å². The van der Waals surface area contributed by atoms with Gasteiger partial charge in [0.15, 0.2) is 9.84 Å². The minimum Gasteiger partial charge on any atom is -0.342 e. The smallest absolute Gasteiger partial charge is 0.255 e. The van der Waals surface area contributed by atoms with Gasteiger partial charge in [-0.3, -0.25) is 9.59 Å². The Labute approximate surface area is 220 Å². The summed E-state index contributed by atoms with van der Waals surface area (Å²) >= 11 is 0. The van der Waals surface area contributed by atoms with Crippen LogP contribution in [-0.2, 0) is 20.0 Å². The summed E-state index contributed by atoms with van der Waals surface area (Å²) in [4.78, 5) is 27.3. The number of likely N-dealkylation sites (tertiary alicyclic amines) is 1. The summed E-state index contributed by atoms with van der Waals surface area (Å²) in [6, 6.07) is 17.0. The average molecular weight is 539 g/mol. The molecule has 0 unspecified atom stereocenters. The van der Waals surface area contributed by atoms with E-state index in [-0.39, 0.29) is 23.2 Å². The largest absolute Gasteiger partial charge is 0.342 e. The van der Waals surface area contributed by atoms with Crippen LogP contribution in [0.2, 0.25) is 0 Å². The van der Waals surface area contributed by atoms with Crippen LogP contribution in [0.3, 0.4) is 0 Å². The Morgan fingerprint density at radius 2 is 1.55 bits per heavy atom. The monoisotopic (exact) mass is 538 g/mol. The molecule has 3 aromatic carbocycles. The zero-order valence-electron chi connectivity index (χ0n) is 20.9. The number of nitrogens with zero attached hydrogens (tertiary/aromatic N) is 1. The van der Waals surface area contributed by atoms with Gasteiger partial charge in [0.05, 0.1) is 5.41 Å². The summed E-state index contributed by atoms with van der Waals surface area (Å²) in [6.45, 7) is 1.31. The summed E-state index contributed by atoms with van der Waals surface area (Å²) in [5, 5.41) is 2.71. The molecule has 5 rings (SSSR count). The third-order valence-corrected chi connectivity index (χ3v) is 8.70. The van der Waals surface area contributed by atoms with Gasteiger partial charge in [-0.15, -0.1) is 0 Å². The van der Waals surface area contributed by atoms with Gasteiger partial charge in [-0.2, -0.15) is 0 Å². The molecule has 38 heavy (non-hydrogen) atoms. The molecular formula is C29H28F2N2O4S. The lowest BCUT2D eigenvalue weighted by molar-refractivity contribution is -0.135. The van der Waals surface area contributed by atoms with E-state index in [1.54, 1.807) is 24.3 Å². The number of anilines is 1. The molecular weight excluding hydrogens is 510 g/mol. The van der Waals surface area contributed by atoms with Crippen LogP contribution in [0.4, 0.5) is 14.5 Å². The highest BCUT2D eigenvalue weighted by molar-refractivity contribution is 7.90. The summed E-state index contributed by atoms with van der Waals surface area (Å²) < 4.78 is 50.7. The van der Waals surface area contributed by atoms with Crippen molar-refractivity contribution in [1.29, 1.82) is 0 Å². The van der Waals surface area contributed by atoms with Crippen molar-refractivity contribution in [1.82, 2.24) is 4.90 Å². The molecule has 3 aromatic rings. The number of amides is 2. The van der Waals surface area contributed by atoms with Gasteiger partial charge in [0.1, 0.15) is 16.5 Å². The van der Waals surface area contributed by atoms with E-state index in [1.165, 1.54) is 18.2 Å². The average Bonchev–Trinajstić information content (AvgIpc) is 3.70. The van der Waals surface area contributed by atoms with Crippen LogP contribution in [0, 0.1) is 11.6 Å². The molecule has 0 bridgehead atoms. The number of hydrogen-bond donors (Lipinski definition) is 1. The number of halogens is 2. The second-order valence-electron chi connectivity index (χ2n) is 10.1. The first kappa shape index (κ1) is 26.0. The number of rotatable bonds is 6. The maximum Gasteiger partial charge on any atom is 0.255 e. The molecule has 1 saturated heterocycles. The molecule has 2 fully saturated rings. The Hall–Kier alpha value is -3.59. The minimum atomic E-state index is -3.72. The Morgan fingerprint density at radius 3 is 2.11 bits per heavy atom. The van der Waals surface area contributed by atoms with E-state index in [4.69, 9.17) is 0 Å². The Balaban J connectivity index is 1.18. The molecule has 1 aliphatic carbocycles. The molecule has 9 heteroatoms. The van der Waals surface area contributed by atoms with Crippen molar-refractivity contribution < 1.29 is 26.8 Å². The molecule has 0 aromatic heterocycles. The molecule has 198 valence electrons. The molecule has 0 spiro atoms. The standard InChI is InChI=1S/C29H28F2N2O4S/c1-38(36,37)26-11-4-21(18-25(26)31)27(34)32-24-9-2-19(3-10-24)20-12-16-33(17-13-20)28(35)29(14-15-29)22-5-7-23(30)8-6-22/h2-11,18,20H,12-17H2,1H3,(H,32,34). The van der Waals surface area contributed by atoms with E-state index in [2.05, 4.69) is 5.32 Å². The van der Waals surface area contributed by atoms with E-state index >= 15 is 0 Å². The number of carbonyl (C=O) groups excluding carboxylic acids is 2. The SMILES string of the molecule is CS(=O)(=O)c1ccc(C(=O)Nc2ccc(C3CCN(C(=O)C4(c5ccc(F)cc5)CC4)CC3)cc2)cc1F. The van der Waals surface area contributed by atoms with Gasteiger partial charge in [0, 0.05) is 30.6 Å². The first-order chi connectivity index (χ1) is 18.1. The van der Waals surface area contributed by atoms with E-state index in [9.17, 15) is 26.8 Å². The number of carbonyl (C=O) groups is 2. The van der Waals surface area contributed by atoms with Crippen molar-refractivity contribution in [2.24, 2.45) is 0 Å². The number of benzene rings is 3. The summed E-state index contributed by atoms with van der Waals surface area (Å²) in [6.07, 6.45) is 4.13. The number of sulfone groups is 1. The maximum atomic E-state index is 14.2. The Morgan fingerprint density at radius 1 is 0.921 bits per heavy atom. The highest BCUT2D eigenvalue weighted by Gasteiger charge is 2.53.